The van der Waals surface area contributed by atoms with Gasteiger partial charge in [0, 0.05) is 25.5 Å². The van der Waals surface area contributed by atoms with Crippen LogP contribution in [0.25, 0.3) is 11.4 Å². The van der Waals surface area contributed by atoms with Gasteiger partial charge in [0.1, 0.15) is 0 Å². The van der Waals surface area contributed by atoms with Crippen molar-refractivity contribution in [2.45, 2.75) is 19.3 Å². The molecule has 0 saturated heterocycles. The first-order chi connectivity index (χ1) is 11.3. The number of aromatic nitrogens is 2. The van der Waals surface area contributed by atoms with Crippen LogP contribution in [-0.4, -0.2) is 23.1 Å². The second kappa shape index (κ2) is 9.41. The summed E-state index contributed by atoms with van der Waals surface area (Å²) in [6, 6.07) is 11.7. The minimum atomic E-state index is 0.882. The molecule has 0 amide bonds. The zero-order chi connectivity index (χ0) is 16.3. The summed E-state index contributed by atoms with van der Waals surface area (Å²) in [6.07, 6.45) is 6.91. The Labute approximate surface area is 138 Å². The molecule has 23 heavy (non-hydrogen) atoms. The molecule has 0 fully saturated rings. The van der Waals surface area contributed by atoms with E-state index in [1.807, 2.05) is 36.4 Å². The maximum atomic E-state index is 4.27. The van der Waals surface area contributed by atoms with Gasteiger partial charge < -0.3 is 10.6 Å². The normalized spacial score (nSPS) is 10.1. The first kappa shape index (κ1) is 16.7. The van der Waals surface area contributed by atoms with E-state index >= 15 is 0 Å². The number of unbranched alkanes of at least 4 members (excludes halogenated alkanes) is 2. The van der Waals surface area contributed by atoms with E-state index in [-0.39, 0.29) is 0 Å². The zero-order valence-corrected chi connectivity index (χ0v) is 13.5. The molecule has 0 unspecified atom stereocenters. The van der Waals surface area contributed by atoms with Crippen molar-refractivity contribution < 1.29 is 0 Å². The van der Waals surface area contributed by atoms with Gasteiger partial charge in [-0.05, 0) is 43.5 Å². The average Bonchev–Trinajstić information content (AvgIpc) is 2.62. The highest BCUT2D eigenvalue weighted by molar-refractivity contribution is 5.58. The van der Waals surface area contributed by atoms with Crippen LogP contribution in [0.2, 0.25) is 0 Å². The molecule has 120 valence electrons. The van der Waals surface area contributed by atoms with E-state index in [0.717, 1.165) is 55.1 Å². The highest BCUT2D eigenvalue weighted by atomic mass is 14.9. The SMILES string of the molecule is C=C(NCCCCCNC(=C)c1ccccn1)c1ccccn1. The van der Waals surface area contributed by atoms with E-state index in [1.54, 1.807) is 12.4 Å². The van der Waals surface area contributed by atoms with Crippen LogP contribution < -0.4 is 10.6 Å². The predicted octanol–water partition coefficient (Wildman–Crippen LogP) is 3.47. The maximum absolute atomic E-state index is 4.27. The lowest BCUT2D eigenvalue weighted by molar-refractivity contribution is 0.644. The molecule has 0 atom stereocenters. The van der Waals surface area contributed by atoms with E-state index < -0.39 is 0 Å². The smallest absolute Gasteiger partial charge is 0.0854 e. The molecule has 0 aliphatic heterocycles. The van der Waals surface area contributed by atoms with E-state index in [4.69, 9.17) is 0 Å². The van der Waals surface area contributed by atoms with Gasteiger partial charge in [0.2, 0.25) is 0 Å². The summed E-state index contributed by atoms with van der Waals surface area (Å²) in [5.74, 6) is 0. The Hall–Kier alpha value is -2.62. The molecule has 0 aliphatic rings. The van der Waals surface area contributed by atoms with Gasteiger partial charge in [-0.3, -0.25) is 9.97 Å². The molecule has 0 saturated carbocycles. The largest absolute Gasteiger partial charge is 0.384 e. The van der Waals surface area contributed by atoms with Crippen LogP contribution in [0.5, 0.6) is 0 Å². The molecule has 0 radical (unpaired) electrons. The molecule has 0 aromatic carbocycles. The molecular formula is C19H24N4. The van der Waals surface area contributed by atoms with Gasteiger partial charge in [-0.1, -0.05) is 25.3 Å². The predicted molar refractivity (Wildman–Crippen MR) is 96.4 cm³/mol. The molecule has 4 heteroatoms. The topological polar surface area (TPSA) is 49.8 Å². The third-order valence-electron chi connectivity index (χ3n) is 3.48. The van der Waals surface area contributed by atoms with Gasteiger partial charge in [-0.25, -0.2) is 0 Å². The Morgan fingerprint density at radius 1 is 0.739 bits per heavy atom. The van der Waals surface area contributed by atoms with E-state index in [0.29, 0.717) is 0 Å². The van der Waals surface area contributed by atoms with Crippen LogP contribution in [0, 0.1) is 0 Å². The summed E-state index contributed by atoms with van der Waals surface area (Å²) < 4.78 is 0. The minimum Gasteiger partial charge on any atom is -0.384 e. The van der Waals surface area contributed by atoms with Gasteiger partial charge in [-0.2, -0.15) is 0 Å². The first-order valence-electron chi connectivity index (χ1n) is 7.96. The van der Waals surface area contributed by atoms with Gasteiger partial charge in [0.05, 0.1) is 22.8 Å². The summed E-state index contributed by atoms with van der Waals surface area (Å²) >= 11 is 0. The standard InChI is InChI=1S/C19H24N4/c1-16(18-10-4-8-14-22-18)20-12-6-3-7-13-21-17(2)19-11-5-9-15-23-19/h4-5,8-11,14-15,20-21H,1-3,6-7,12-13H2. The molecule has 2 rings (SSSR count). The fourth-order valence-electron chi connectivity index (χ4n) is 2.17. The molecule has 0 aliphatic carbocycles. The maximum Gasteiger partial charge on any atom is 0.0854 e. The highest BCUT2D eigenvalue weighted by Gasteiger charge is 1.99. The van der Waals surface area contributed by atoms with Crippen molar-refractivity contribution in [1.29, 1.82) is 0 Å². The Morgan fingerprint density at radius 2 is 1.22 bits per heavy atom. The van der Waals surface area contributed by atoms with E-state index in [9.17, 15) is 0 Å². The van der Waals surface area contributed by atoms with Crippen LogP contribution >= 0.6 is 0 Å². The average molecular weight is 308 g/mol. The third kappa shape index (κ3) is 5.94. The lowest BCUT2D eigenvalue weighted by atomic mass is 10.2. The Balaban J connectivity index is 1.53. The lowest BCUT2D eigenvalue weighted by Gasteiger charge is -2.10. The number of pyridine rings is 2. The van der Waals surface area contributed by atoms with Crippen molar-refractivity contribution >= 4 is 11.4 Å². The number of hydrogen-bond donors (Lipinski definition) is 2. The molecule has 2 heterocycles. The summed E-state index contributed by atoms with van der Waals surface area (Å²) in [6.45, 7) is 9.85. The Bertz CT molecular complexity index is 552. The van der Waals surface area contributed by atoms with Crippen molar-refractivity contribution in [1.82, 2.24) is 20.6 Å². The Kier molecular flexibility index (Phi) is 6.85. The quantitative estimate of drug-likeness (QED) is 0.660. The summed E-state index contributed by atoms with van der Waals surface area (Å²) in [5, 5.41) is 6.64. The molecule has 2 aromatic heterocycles. The first-order valence-corrected chi connectivity index (χ1v) is 7.96. The number of nitrogens with zero attached hydrogens (tertiary/aromatic N) is 2. The van der Waals surface area contributed by atoms with Crippen molar-refractivity contribution in [3.63, 3.8) is 0 Å². The van der Waals surface area contributed by atoms with Crippen molar-refractivity contribution in [3.8, 4) is 0 Å². The Morgan fingerprint density at radius 3 is 1.61 bits per heavy atom. The second-order valence-corrected chi connectivity index (χ2v) is 5.30. The third-order valence-corrected chi connectivity index (χ3v) is 3.48. The fourth-order valence-corrected chi connectivity index (χ4v) is 2.17. The zero-order valence-electron chi connectivity index (χ0n) is 13.5. The number of hydrogen-bond acceptors (Lipinski definition) is 4. The summed E-state index contributed by atoms with van der Waals surface area (Å²) in [4.78, 5) is 8.54. The summed E-state index contributed by atoms with van der Waals surface area (Å²) in [5.41, 5.74) is 3.57. The van der Waals surface area contributed by atoms with Crippen LogP contribution in [0.15, 0.2) is 61.9 Å². The van der Waals surface area contributed by atoms with Gasteiger partial charge in [0.25, 0.3) is 0 Å². The molecule has 0 bridgehead atoms. The molecule has 2 aromatic rings. The van der Waals surface area contributed by atoms with Crippen LogP contribution in [0.1, 0.15) is 30.7 Å². The van der Waals surface area contributed by atoms with Crippen LogP contribution in [-0.2, 0) is 0 Å². The highest BCUT2D eigenvalue weighted by Crippen LogP contribution is 2.06. The summed E-state index contributed by atoms with van der Waals surface area (Å²) in [7, 11) is 0. The molecule has 2 N–H and O–H groups in total. The number of nitrogens with one attached hydrogen (secondary N) is 2. The van der Waals surface area contributed by atoms with Crippen LogP contribution in [0.4, 0.5) is 0 Å². The lowest BCUT2D eigenvalue weighted by Crippen LogP contribution is -2.16. The molecule has 0 spiro atoms. The second-order valence-electron chi connectivity index (χ2n) is 5.30. The van der Waals surface area contributed by atoms with Crippen molar-refractivity contribution in [3.05, 3.63) is 73.3 Å². The monoisotopic (exact) mass is 308 g/mol. The molecule has 4 nitrogen and oxygen atoms in total. The van der Waals surface area contributed by atoms with Crippen molar-refractivity contribution in [2.24, 2.45) is 0 Å². The number of rotatable bonds is 10. The minimum absolute atomic E-state index is 0.882. The molecular weight excluding hydrogens is 284 g/mol. The van der Waals surface area contributed by atoms with E-state index in [2.05, 4.69) is 33.8 Å². The van der Waals surface area contributed by atoms with Crippen LogP contribution in [0.3, 0.4) is 0 Å². The van der Waals surface area contributed by atoms with Gasteiger partial charge in [0.15, 0.2) is 0 Å². The van der Waals surface area contributed by atoms with Crippen molar-refractivity contribution in [2.75, 3.05) is 13.1 Å². The van der Waals surface area contributed by atoms with E-state index in [1.165, 1.54) is 0 Å². The fraction of sp³-hybridized carbons (Fsp3) is 0.263. The van der Waals surface area contributed by atoms with Gasteiger partial charge in [-0.15, -0.1) is 0 Å². The van der Waals surface area contributed by atoms with Gasteiger partial charge >= 0.3 is 0 Å².